The Balaban J connectivity index is 3.10. The number of carboxylic acids is 1. The molecule has 0 aromatic heterocycles. The van der Waals surface area contributed by atoms with Crippen LogP contribution in [0, 0.1) is 0 Å². The zero-order valence-electron chi connectivity index (χ0n) is 7.08. The first-order valence-corrected chi connectivity index (χ1v) is 5.58. The number of benzene rings is 1. The zero-order valence-corrected chi connectivity index (χ0v) is 9.48. The molecule has 4 heteroatoms. The SMILES string of the molecule is CCSc1ccc(Br)cc1C(=O)O. The van der Waals surface area contributed by atoms with Crippen LogP contribution in [0.3, 0.4) is 0 Å². The monoisotopic (exact) mass is 260 g/mol. The van der Waals surface area contributed by atoms with Crippen molar-refractivity contribution in [1.29, 1.82) is 0 Å². The van der Waals surface area contributed by atoms with Crippen molar-refractivity contribution in [2.24, 2.45) is 0 Å². The van der Waals surface area contributed by atoms with Crippen LogP contribution in [0.5, 0.6) is 0 Å². The first kappa shape index (κ1) is 10.6. The van der Waals surface area contributed by atoms with Crippen molar-refractivity contribution < 1.29 is 9.90 Å². The highest BCUT2D eigenvalue weighted by Gasteiger charge is 2.09. The molecule has 0 aliphatic heterocycles. The van der Waals surface area contributed by atoms with E-state index in [1.54, 1.807) is 6.07 Å². The molecule has 13 heavy (non-hydrogen) atoms. The van der Waals surface area contributed by atoms with Gasteiger partial charge in [0.05, 0.1) is 5.56 Å². The van der Waals surface area contributed by atoms with Crippen LogP contribution in [0.4, 0.5) is 0 Å². The maximum atomic E-state index is 10.8. The number of carboxylic acid groups (broad SMARTS) is 1. The summed E-state index contributed by atoms with van der Waals surface area (Å²) in [4.78, 5) is 11.6. The average molecular weight is 261 g/mol. The van der Waals surface area contributed by atoms with Gasteiger partial charge in [0.25, 0.3) is 0 Å². The topological polar surface area (TPSA) is 37.3 Å². The van der Waals surface area contributed by atoms with Gasteiger partial charge in [-0.15, -0.1) is 11.8 Å². The predicted molar refractivity (Wildman–Crippen MR) is 57.5 cm³/mol. The minimum Gasteiger partial charge on any atom is -0.478 e. The summed E-state index contributed by atoms with van der Waals surface area (Å²) in [6.45, 7) is 2.00. The first-order valence-electron chi connectivity index (χ1n) is 3.80. The van der Waals surface area contributed by atoms with E-state index in [4.69, 9.17) is 5.11 Å². The van der Waals surface area contributed by atoms with Crippen molar-refractivity contribution in [3.8, 4) is 0 Å². The molecule has 2 nitrogen and oxygen atoms in total. The molecule has 0 radical (unpaired) electrons. The van der Waals surface area contributed by atoms with E-state index in [-0.39, 0.29) is 0 Å². The minimum absolute atomic E-state index is 0.362. The summed E-state index contributed by atoms with van der Waals surface area (Å²) in [5, 5.41) is 8.88. The largest absolute Gasteiger partial charge is 0.478 e. The molecule has 70 valence electrons. The molecule has 0 bridgehead atoms. The summed E-state index contributed by atoms with van der Waals surface area (Å²) in [7, 11) is 0. The van der Waals surface area contributed by atoms with Crippen LogP contribution in [0.15, 0.2) is 27.6 Å². The second-order valence-corrected chi connectivity index (χ2v) is 4.60. The normalized spacial score (nSPS) is 10.0. The second kappa shape index (κ2) is 4.67. The molecule has 1 aromatic rings. The van der Waals surface area contributed by atoms with Gasteiger partial charge in [0, 0.05) is 9.37 Å². The van der Waals surface area contributed by atoms with Crippen LogP contribution >= 0.6 is 27.7 Å². The van der Waals surface area contributed by atoms with Crippen molar-refractivity contribution >= 4 is 33.7 Å². The zero-order chi connectivity index (χ0) is 9.84. The van der Waals surface area contributed by atoms with Gasteiger partial charge in [-0.1, -0.05) is 22.9 Å². The van der Waals surface area contributed by atoms with Crippen LogP contribution in [0.2, 0.25) is 0 Å². The fraction of sp³-hybridized carbons (Fsp3) is 0.222. The maximum Gasteiger partial charge on any atom is 0.336 e. The molecule has 1 rings (SSSR count). The maximum absolute atomic E-state index is 10.8. The number of thioether (sulfide) groups is 1. The van der Waals surface area contributed by atoms with Crippen LogP contribution in [-0.4, -0.2) is 16.8 Å². The quantitative estimate of drug-likeness (QED) is 0.848. The molecule has 0 aliphatic rings. The van der Waals surface area contributed by atoms with Crippen molar-refractivity contribution in [3.05, 3.63) is 28.2 Å². The third kappa shape index (κ3) is 2.74. The van der Waals surface area contributed by atoms with Gasteiger partial charge in [-0.05, 0) is 24.0 Å². The van der Waals surface area contributed by atoms with Gasteiger partial charge in [0.1, 0.15) is 0 Å². The summed E-state index contributed by atoms with van der Waals surface area (Å²) < 4.78 is 0.797. The molecule has 0 atom stereocenters. The fourth-order valence-electron chi connectivity index (χ4n) is 0.951. The van der Waals surface area contributed by atoms with Gasteiger partial charge in [-0.3, -0.25) is 0 Å². The van der Waals surface area contributed by atoms with E-state index in [0.717, 1.165) is 15.1 Å². The number of aromatic carboxylic acids is 1. The van der Waals surface area contributed by atoms with Crippen LogP contribution in [0.25, 0.3) is 0 Å². The molecule has 0 aliphatic carbocycles. The lowest BCUT2D eigenvalue weighted by Crippen LogP contribution is -1.98. The van der Waals surface area contributed by atoms with Crippen LogP contribution in [-0.2, 0) is 0 Å². The molecular weight excluding hydrogens is 252 g/mol. The second-order valence-electron chi connectivity index (χ2n) is 2.38. The molecule has 0 unspecified atom stereocenters. The van der Waals surface area contributed by atoms with Crippen molar-refractivity contribution in [2.75, 3.05) is 5.75 Å². The average Bonchev–Trinajstić information content (AvgIpc) is 2.08. The van der Waals surface area contributed by atoms with Gasteiger partial charge >= 0.3 is 5.97 Å². The van der Waals surface area contributed by atoms with Crippen LogP contribution in [0.1, 0.15) is 17.3 Å². The van der Waals surface area contributed by atoms with Crippen molar-refractivity contribution in [2.45, 2.75) is 11.8 Å². The Kier molecular flexibility index (Phi) is 3.81. The Morgan fingerprint density at radius 3 is 2.85 bits per heavy atom. The van der Waals surface area contributed by atoms with Gasteiger partial charge in [0.15, 0.2) is 0 Å². The molecule has 1 N–H and O–H groups in total. The first-order chi connectivity index (χ1) is 6.15. The minimum atomic E-state index is -0.878. The summed E-state index contributed by atoms with van der Waals surface area (Å²) in [6.07, 6.45) is 0. The lowest BCUT2D eigenvalue weighted by molar-refractivity contribution is 0.0693. The van der Waals surface area contributed by atoms with E-state index in [0.29, 0.717) is 5.56 Å². The van der Waals surface area contributed by atoms with E-state index in [1.807, 2.05) is 19.1 Å². The molecular formula is C9H9BrO2S. The van der Waals surface area contributed by atoms with Crippen molar-refractivity contribution in [1.82, 2.24) is 0 Å². The molecule has 0 amide bonds. The third-order valence-corrected chi connectivity index (χ3v) is 2.92. The number of hydrogen-bond donors (Lipinski definition) is 1. The lowest BCUT2D eigenvalue weighted by Gasteiger charge is -2.03. The summed E-state index contributed by atoms with van der Waals surface area (Å²) in [5.74, 6) is -0.000649. The summed E-state index contributed by atoms with van der Waals surface area (Å²) in [5.41, 5.74) is 0.362. The third-order valence-electron chi connectivity index (χ3n) is 1.47. The van der Waals surface area contributed by atoms with E-state index in [9.17, 15) is 4.79 Å². The molecule has 0 spiro atoms. The van der Waals surface area contributed by atoms with E-state index >= 15 is 0 Å². The number of rotatable bonds is 3. The van der Waals surface area contributed by atoms with E-state index in [2.05, 4.69) is 15.9 Å². The Hall–Kier alpha value is -0.480. The van der Waals surface area contributed by atoms with E-state index in [1.165, 1.54) is 11.8 Å². The highest BCUT2D eigenvalue weighted by molar-refractivity contribution is 9.10. The summed E-state index contributed by atoms with van der Waals surface area (Å²) in [6, 6.07) is 5.30. The Morgan fingerprint density at radius 1 is 1.62 bits per heavy atom. The van der Waals surface area contributed by atoms with Gasteiger partial charge < -0.3 is 5.11 Å². The van der Waals surface area contributed by atoms with E-state index < -0.39 is 5.97 Å². The highest BCUT2D eigenvalue weighted by Crippen LogP contribution is 2.25. The van der Waals surface area contributed by atoms with Gasteiger partial charge in [-0.25, -0.2) is 4.79 Å². The number of carbonyl (C=O) groups is 1. The Bertz CT molecular complexity index is 325. The smallest absolute Gasteiger partial charge is 0.336 e. The number of hydrogen-bond acceptors (Lipinski definition) is 2. The molecule has 0 fully saturated rings. The Labute approximate surface area is 89.5 Å². The lowest BCUT2D eigenvalue weighted by atomic mass is 10.2. The fourth-order valence-corrected chi connectivity index (χ4v) is 2.09. The van der Waals surface area contributed by atoms with Crippen molar-refractivity contribution in [3.63, 3.8) is 0 Å². The highest BCUT2D eigenvalue weighted by atomic mass is 79.9. The number of halogens is 1. The Morgan fingerprint density at radius 2 is 2.31 bits per heavy atom. The predicted octanol–water partition coefficient (Wildman–Crippen LogP) is 3.26. The standard InChI is InChI=1S/C9H9BrO2S/c1-2-13-8-4-3-6(10)5-7(8)9(11)12/h3-5H,2H2,1H3,(H,11,12). The molecule has 0 saturated heterocycles. The summed E-state index contributed by atoms with van der Waals surface area (Å²) >= 11 is 4.78. The molecule has 1 aromatic carbocycles. The molecule has 0 saturated carbocycles. The van der Waals surface area contributed by atoms with Gasteiger partial charge in [0.2, 0.25) is 0 Å². The molecule has 0 heterocycles. The van der Waals surface area contributed by atoms with Gasteiger partial charge in [-0.2, -0.15) is 0 Å². The van der Waals surface area contributed by atoms with Crippen LogP contribution < -0.4 is 0 Å².